The quantitative estimate of drug-likeness (QED) is 0.710. The van der Waals surface area contributed by atoms with Gasteiger partial charge in [0.15, 0.2) is 6.61 Å². The van der Waals surface area contributed by atoms with Crippen LogP contribution in [0.4, 0.5) is 0 Å². The molecule has 2 N–H and O–H groups in total. The Morgan fingerprint density at radius 3 is 2.46 bits per heavy atom. The number of nitrogens with one attached hydrogen (secondary N) is 2. The summed E-state index contributed by atoms with van der Waals surface area (Å²) in [6.45, 7) is -0.251. The molecule has 0 aliphatic heterocycles. The molecule has 0 aliphatic carbocycles. The normalized spacial score (nSPS) is 9.85. The second-order valence-electron chi connectivity index (χ2n) is 5.11. The van der Waals surface area contributed by atoms with Gasteiger partial charge in [-0.05, 0) is 35.9 Å². The van der Waals surface area contributed by atoms with Gasteiger partial charge in [-0.25, -0.2) is 0 Å². The molecule has 0 bridgehead atoms. The molecule has 0 atom stereocenters. The number of thioether (sulfide) groups is 1. The molecule has 26 heavy (non-hydrogen) atoms. The van der Waals surface area contributed by atoms with E-state index in [1.165, 1.54) is 11.8 Å². The van der Waals surface area contributed by atoms with E-state index in [1.807, 2.05) is 24.3 Å². The first-order valence-corrected chi connectivity index (χ1v) is 9.13. The summed E-state index contributed by atoms with van der Waals surface area (Å²) in [5.74, 6) is 0.429. The Morgan fingerprint density at radius 2 is 1.77 bits per heavy atom. The first kappa shape index (κ1) is 19.6. The number of hydrazine groups is 1. The first-order valence-electron chi connectivity index (χ1n) is 7.60. The predicted octanol–water partition coefficient (Wildman–Crippen LogP) is 2.67. The van der Waals surface area contributed by atoms with Crippen LogP contribution in [0.2, 0.25) is 5.02 Å². The number of carbonyl (C=O) groups is 2. The van der Waals surface area contributed by atoms with Crippen LogP contribution in [0.15, 0.2) is 48.5 Å². The Hall–Kier alpha value is -2.69. The number of hydrogen-bond donors (Lipinski definition) is 2. The van der Waals surface area contributed by atoms with Crippen LogP contribution in [0, 0.1) is 11.3 Å². The lowest BCUT2D eigenvalue weighted by Crippen LogP contribution is -2.44. The molecule has 0 saturated carbocycles. The van der Waals surface area contributed by atoms with E-state index in [-0.39, 0.29) is 18.3 Å². The number of carbonyl (C=O) groups excluding carboxylic acids is 2. The molecule has 6 nitrogen and oxygen atoms in total. The highest BCUT2D eigenvalue weighted by Gasteiger charge is 2.07. The van der Waals surface area contributed by atoms with Gasteiger partial charge in [-0.1, -0.05) is 29.8 Å². The number of ether oxygens (including phenoxy) is 1. The molecule has 2 aromatic carbocycles. The maximum atomic E-state index is 11.7. The van der Waals surface area contributed by atoms with Gasteiger partial charge in [0, 0.05) is 10.8 Å². The molecule has 0 aliphatic rings. The molecule has 2 rings (SSSR count). The number of halogens is 1. The number of nitriles is 1. The third-order valence-corrected chi connectivity index (χ3v) is 4.49. The monoisotopic (exact) mass is 389 g/mol. The zero-order valence-corrected chi connectivity index (χ0v) is 15.3. The van der Waals surface area contributed by atoms with Gasteiger partial charge in [-0.15, -0.1) is 11.8 Å². The molecule has 134 valence electrons. The minimum atomic E-state index is -0.487. The Balaban J connectivity index is 1.62. The standard InChI is InChI=1S/C18H16ClN3O3S/c19-16-4-2-1-3-14(16)11-26-12-18(24)22-21-17(23)10-25-15-7-5-13(9-20)6-8-15/h1-8H,10-12H2,(H,21,23)(H,22,24). The van der Waals surface area contributed by atoms with Crippen LogP contribution >= 0.6 is 23.4 Å². The summed E-state index contributed by atoms with van der Waals surface area (Å²) in [7, 11) is 0. The molecular weight excluding hydrogens is 374 g/mol. The maximum Gasteiger partial charge on any atom is 0.276 e. The molecule has 2 amide bonds. The van der Waals surface area contributed by atoms with Crippen molar-refractivity contribution in [1.82, 2.24) is 10.9 Å². The van der Waals surface area contributed by atoms with E-state index in [0.29, 0.717) is 22.1 Å². The van der Waals surface area contributed by atoms with E-state index in [1.54, 1.807) is 30.3 Å². The van der Waals surface area contributed by atoms with Crippen LogP contribution in [0.5, 0.6) is 5.75 Å². The van der Waals surface area contributed by atoms with E-state index in [2.05, 4.69) is 10.9 Å². The van der Waals surface area contributed by atoms with Gasteiger partial charge in [0.05, 0.1) is 17.4 Å². The third kappa shape index (κ3) is 6.67. The van der Waals surface area contributed by atoms with E-state index < -0.39 is 5.91 Å². The van der Waals surface area contributed by atoms with Crippen LogP contribution < -0.4 is 15.6 Å². The summed E-state index contributed by atoms with van der Waals surface area (Å²) >= 11 is 7.43. The summed E-state index contributed by atoms with van der Waals surface area (Å²) in [5, 5.41) is 9.37. The molecule has 0 heterocycles. The number of nitrogens with zero attached hydrogens (tertiary/aromatic N) is 1. The van der Waals surface area contributed by atoms with Crippen molar-refractivity contribution in [2.45, 2.75) is 5.75 Å². The maximum absolute atomic E-state index is 11.7. The molecule has 0 aromatic heterocycles. The average Bonchev–Trinajstić information content (AvgIpc) is 2.66. The Morgan fingerprint density at radius 1 is 1.08 bits per heavy atom. The smallest absolute Gasteiger partial charge is 0.276 e. The van der Waals surface area contributed by atoms with Crippen LogP contribution in [0.25, 0.3) is 0 Å². The molecule has 0 fully saturated rings. The number of rotatable bonds is 7. The summed E-state index contributed by atoms with van der Waals surface area (Å²) in [6.07, 6.45) is 0. The molecule has 0 saturated heterocycles. The topological polar surface area (TPSA) is 91.2 Å². The van der Waals surface area contributed by atoms with E-state index in [4.69, 9.17) is 21.6 Å². The van der Waals surface area contributed by atoms with Crippen molar-refractivity contribution in [1.29, 1.82) is 5.26 Å². The molecular formula is C18H16ClN3O3S. The summed E-state index contributed by atoms with van der Waals surface area (Å²) in [4.78, 5) is 23.4. The molecule has 2 aromatic rings. The Bertz CT molecular complexity index is 806. The van der Waals surface area contributed by atoms with Crippen molar-refractivity contribution in [3.8, 4) is 11.8 Å². The first-order chi connectivity index (χ1) is 12.6. The molecule has 0 spiro atoms. The van der Waals surface area contributed by atoms with Gasteiger partial charge in [-0.2, -0.15) is 5.26 Å². The van der Waals surface area contributed by atoms with Gasteiger partial charge in [0.25, 0.3) is 5.91 Å². The minimum absolute atomic E-state index is 0.183. The van der Waals surface area contributed by atoms with Crippen molar-refractivity contribution in [2.24, 2.45) is 0 Å². The second kappa shape index (κ2) is 10.3. The molecule has 0 radical (unpaired) electrons. The highest BCUT2D eigenvalue weighted by Crippen LogP contribution is 2.20. The van der Waals surface area contributed by atoms with Crippen molar-refractivity contribution < 1.29 is 14.3 Å². The van der Waals surface area contributed by atoms with Gasteiger partial charge in [0.1, 0.15) is 5.75 Å². The highest BCUT2D eigenvalue weighted by atomic mass is 35.5. The lowest BCUT2D eigenvalue weighted by atomic mass is 10.2. The van der Waals surface area contributed by atoms with Crippen LogP contribution in [0.3, 0.4) is 0 Å². The van der Waals surface area contributed by atoms with Crippen molar-refractivity contribution in [2.75, 3.05) is 12.4 Å². The summed E-state index contributed by atoms with van der Waals surface area (Å²) in [5.41, 5.74) is 6.06. The zero-order chi connectivity index (χ0) is 18.8. The second-order valence-corrected chi connectivity index (χ2v) is 6.50. The Kier molecular flexibility index (Phi) is 7.80. The average molecular weight is 390 g/mol. The fourth-order valence-electron chi connectivity index (χ4n) is 1.86. The van der Waals surface area contributed by atoms with Gasteiger partial charge in [0.2, 0.25) is 5.91 Å². The van der Waals surface area contributed by atoms with E-state index >= 15 is 0 Å². The fraction of sp³-hybridized carbons (Fsp3) is 0.167. The number of amides is 2. The molecule has 0 unspecified atom stereocenters. The van der Waals surface area contributed by atoms with E-state index in [9.17, 15) is 9.59 Å². The lowest BCUT2D eigenvalue weighted by molar-refractivity contribution is -0.128. The SMILES string of the molecule is N#Cc1ccc(OCC(=O)NNC(=O)CSCc2ccccc2Cl)cc1. The van der Waals surface area contributed by atoms with Crippen molar-refractivity contribution in [3.05, 3.63) is 64.7 Å². The lowest BCUT2D eigenvalue weighted by Gasteiger charge is -2.09. The van der Waals surface area contributed by atoms with Gasteiger partial charge in [-0.3, -0.25) is 20.4 Å². The van der Waals surface area contributed by atoms with Gasteiger partial charge >= 0.3 is 0 Å². The van der Waals surface area contributed by atoms with Crippen molar-refractivity contribution >= 4 is 35.2 Å². The Labute approximate surface area is 160 Å². The van der Waals surface area contributed by atoms with Crippen LogP contribution in [-0.4, -0.2) is 24.2 Å². The number of hydrogen-bond acceptors (Lipinski definition) is 5. The summed E-state index contributed by atoms with van der Waals surface area (Å²) in [6, 6.07) is 15.8. The van der Waals surface area contributed by atoms with Crippen LogP contribution in [0.1, 0.15) is 11.1 Å². The predicted molar refractivity (Wildman–Crippen MR) is 101 cm³/mol. The zero-order valence-electron chi connectivity index (χ0n) is 13.7. The minimum Gasteiger partial charge on any atom is -0.484 e. The number of benzene rings is 2. The molecule has 8 heteroatoms. The van der Waals surface area contributed by atoms with Crippen molar-refractivity contribution in [3.63, 3.8) is 0 Å². The summed E-state index contributed by atoms with van der Waals surface area (Å²) < 4.78 is 5.26. The highest BCUT2D eigenvalue weighted by molar-refractivity contribution is 7.99. The fourth-order valence-corrected chi connectivity index (χ4v) is 2.97. The third-order valence-electron chi connectivity index (χ3n) is 3.14. The van der Waals surface area contributed by atoms with Gasteiger partial charge < -0.3 is 4.74 Å². The van der Waals surface area contributed by atoms with Crippen LogP contribution in [-0.2, 0) is 15.3 Å². The largest absolute Gasteiger partial charge is 0.484 e. The van der Waals surface area contributed by atoms with E-state index in [0.717, 1.165) is 5.56 Å².